The number of nitrogens with zero attached hydrogens (tertiary/aromatic N) is 3. The van der Waals surface area contributed by atoms with E-state index in [1.165, 1.54) is 0 Å². The van der Waals surface area contributed by atoms with Gasteiger partial charge in [0.2, 0.25) is 0 Å². The van der Waals surface area contributed by atoms with Gasteiger partial charge in [-0.3, -0.25) is 14.3 Å². The first-order valence-corrected chi connectivity index (χ1v) is 10.3. The fourth-order valence-corrected chi connectivity index (χ4v) is 4.64. The van der Waals surface area contributed by atoms with Gasteiger partial charge in [-0.25, -0.2) is 4.98 Å². The van der Waals surface area contributed by atoms with E-state index in [0.717, 1.165) is 40.9 Å². The van der Waals surface area contributed by atoms with Crippen LogP contribution in [0.1, 0.15) is 36.0 Å². The number of aromatic nitrogens is 3. The van der Waals surface area contributed by atoms with Gasteiger partial charge in [-0.2, -0.15) is 0 Å². The highest BCUT2D eigenvalue weighted by Gasteiger charge is 2.24. The summed E-state index contributed by atoms with van der Waals surface area (Å²) in [4.78, 5) is 21.4. The number of amides is 1. The zero-order chi connectivity index (χ0) is 19.3. The maximum absolute atomic E-state index is 12.9. The molecule has 1 fully saturated rings. The molecule has 3 heterocycles. The molecule has 7 nitrogen and oxygen atoms in total. The van der Waals surface area contributed by atoms with Gasteiger partial charge in [0.25, 0.3) is 5.91 Å². The van der Waals surface area contributed by atoms with E-state index in [4.69, 9.17) is 9.47 Å². The van der Waals surface area contributed by atoms with Gasteiger partial charge >= 0.3 is 0 Å². The lowest BCUT2D eigenvalue weighted by Crippen LogP contribution is -2.39. The SMILES string of the molecule is COCCOC1CCC(NC(=O)c2ccnc3cc(-n4ccnc4)sc23)CC1. The number of imidazole rings is 1. The minimum absolute atomic E-state index is 0.0322. The minimum Gasteiger partial charge on any atom is -0.382 e. The first-order chi connectivity index (χ1) is 13.7. The number of hydrogen-bond acceptors (Lipinski definition) is 6. The molecule has 3 aromatic heterocycles. The Bertz CT molecular complexity index is 917. The first-order valence-electron chi connectivity index (χ1n) is 9.53. The third kappa shape index (κ3) is 4.24. The van der Waals surface area contributed by atoms with E-state index >= 15 is 0 Å². The van der Waals surface area contributed by atoms with Crippen LogP contribution >= 0.6 is 11.3 Å². The fraction of sp³-hybridized carbons (Fsp3) is 0.450. The molecule has 0 bridgehead atoms. The molecule has 8 heteroatoms. The number of pyridine rings is 1. The molecule has 1 aliphatic rings. The molecule has 4 rings (SSSR count). The lowest BCUT2D eigenvalue weighted by Gasteiger charge is -2.29. The predicted molar refractivity (Wildman–Crippen MR) is 108 cm³/mol. The van der Waals surface area contributed by atoms with E-state index in [-0.39, 0.29) is 18.1 Å². The average Bonchev–Trinajstić information content (AvgIpc) is 3.38. The predicted octanol–water partition coefficient (Wildman–Crippen LogP) is 3.19. The van der Waals surface area contributed by atoms with Crippen LogP contribution in [0.15, 0.2) is 37.1 Å². The van der Waals surface area contributed by atoms with Crippen molar-refractivity contribution in [1.82, 2.24) is 19.9 Å². The number of methoxy groups -OCH3 is 1. The van der Waals surface area contributed by atoms with Gasteiger partial charge < -0.3 is 14.8 Å². The maximum atomic E-state index is 12.9. The standard InChI is InChI=1S/C20H24N4O3S/c1-26-10-11-27-15-4-2-14(3-5-15)23-20(25)16-6-7-22-17-12-18(28-19(16)17)24-9-8-21-13-24/h6-9,12-15H,2-5,10-11H2,1H3,(H,23,25). The Balaban J connectivity index is 1.41. The van der Waals surface area contributed by atoms with E-state index in [0.29, 0.717) is 18.8 Å². The van der Waals surface area contributed by atoms with Gasteiger partial charge in [0.05, 0.1) is 41.4 Å². The Kier molecular flexibility index (Phi) is 5.99. The lowest BCUT2D eigenvalue weighted by atomic mass is 9.92. The molecule has 0 saturated heterocycles. The van der Waals surface area contributed by atoms with Crippen LogP contribution in [0, 0.1) is 0 Å². The molecule has 0 aliphatic heterocycles. The molecule has 148 valence electrons. The summed E-state index contributed by atoms with van der Waals surface area (Å²) in [6.45, 7) is 1.25. The van der Waals surface area contributed by atoms with Gasteiger partial charge in [-0.05, 0) is 37.8 Å². The number of thiophene rings is 1. The third-order valence-corrected chi connectivity index (χ3v) is 6.22. The van der Waals surface area contributed by atoms with Crippen molar-refractivity contribution in [2.75, 3.05) is 20.3 Å². The van der Waals surface area contributed by atoms with Crippen LogP contribution in [0.4, 0.5) is 0 Å². The number of carbonyl (C=O) groups excluding carboxylic acids is 1. The van der Waals surface area contributed by atoms with Gasteiger partial charge in [0.1, 0.15) is 5.00 Å². The molecule has 0 aromatic carbocycles. The number of ether oxygens (including phenoxy) is 2. The summed E-state index contributed by atoms with van der Waals surface area (Å²) in [5.41, 5.74) is 1.51. The van der Waals surface area contributed by atoms with Crippen molar-refractivity contribution in [1.29, 1.82) is 0 Å². The Labute approximate surface area is 167 Å². The van der Waals surface area contributed by atoms with Gasteiger partial charge in [-0.1, -0.05) is 0 Å². The second-order valence-electron chi connectivity index (χ2n) is 6.94. The van der Waals surface area contributed by atoms with Crippen LogP contribution in [0.3, 0.4) is 0 Å². The van der Waals surface area contributed by atoms with Crippen LogP contribution in [0.25, 0.3) is 15.2 Å². The number of rotatable bonds is 7. The lowest BCUT2D eigenvalue weighted by molar-refractivity contribution is -0.00408. The Morgan fingerprint density at radius 2 is 2.14 bits per heavy atom. The molecular weight excluding hydrogens is 376 g/mol. The Morgan fingerprint density at radius 1 is 1.29 bits per heavy atom. The summed E-state index contributed by atoms with van der Waals surface area (Å²) >= 11 is 1.55. The molecule has 0 unspecified atom stereocenters. The molecule has 0 atom stereocenters. The maximum Gasteiger partial charge on any atom is 0.253 e. The monoisotopic (exact) mass is 400 g/mol. The molecule has 28 heavy (non-hydrogen) atoms. The summed E-state index contributed by atoms with van der Waals surface area (Å²) in [7, 11) is 1.68. The highest BCUT2D eigenvalue weighted by molar-refractivity contribution is 7.21. The molecule has 1 N–H and O–H groups in total. The topological polar surface area (TPSA) is 78.3 Å². The zero-order valence-electron chi connectivity index (χ0n) is 15.8. The second kappa shape index (κ2) is 8.81. The van der Waals surface area contributed by atoms with Crippen LogP contribution in [-0.4, -0.2) is 52.9 Å². The van der Waals surface area contributed by atoms with Crippen molar-refractivity contribution in [3.05, 3.63) is 42.6 Å². The number of fused-ring (bicyclic) bond motifs is 1. The highest BCUT2D eigenvalue weighted by atomic mass is 32.1. The largest absolute Gasteiger partial charge is 0.382 e. The zero-order valence-corrected chi connectivity index (χ0v) is 16.7. The summed E-state index contributed by atoms with van der Waals surface area (Å²) in [5.74, 6) is -0.0322. The van der Waals surface area contributed by atoms with E-state index in [2.05, 4.69) is 15.3 Å². The van der Waals surface area contributed by atoms with Crippen molar-refractivity contribution in [3.8, 4) is 5.00 Å². The molecular formula is C20H24N4O3S. The third-order valence-electron chi connectivity index (χ3n) is 5.05. The minimum atomic E-state index is -0.0322. The fourth-order valence-electron chi connectivity index (χ4n) is 3.56. The molecule has 3 aromatic rings. The van der Waals surface area contributed by atoms with Gasteiger partial charge in [0, 0.05) is 31.7 Å². The molecule has 1 aliphatic carbocycles. The molecule has 1 saturated carbocycles. The van der Waals surface area contributed by atoms with E-state index in [1.807, 2.05) is 16.8 Å². The normalized spacial score (nSPS) is 19.8. The molecule has 0 radical (unpaired) electrons. The Morgan fingerprint density at radius 3 is 2.89 bits per heavy atom. The van der Waals surface area contributed by atoms with Crippen LogP contribution in [0.2, 0.25) is 0 Å². The van der Waals surface area contributed by atoms with Crippen molar-refractivity contribution in [3.63, 3.8) is 0 Å². The quantitative estimate of drug-likeness (QED) is 0.616. The Hall–Kier alpha value is -2.29. The summed E-state index contributed by atoms with van der Waals surface area (Å²) in [6, 6.07) is 3.97. The van der Waals surface area contributed by atoms with Crippen molar-refractivity contribution >= 4 is 27.5 Å². The summed E-state index contributed by atoms with van der Waals surface area (Å²) in [5, 5.41) is 4.19. The molecule has 0 spiro atoms. The number of carbonyl (C=O) groups is 1. The van der Waals surface area contributed by atoms with Crippen LogP contribution in [0.5, 0.6) is 0 Å². The van der Waals surface area contributed by atoms with Crippen molar-refractivity contribution in [2.45, 2.75) is 37.8 Å². The van der Waals surface area contributed by atoms with Gasteiger partial charge in [0.15, 0.2) is 0 Å². The van der Waals surface area contributed by atoms with E-state index in [9.17, 15) is 4.79 Å². The van der Waals surface area contributed by atoms with Crippen LogP contribution in [-0.2, 0) is 9.47 Å². The average molecular weight is 401 g/mol. The summed E-state index contributed by atoms with van der Waals surface area (Å²) < 4.78 is 13.7. The molecule has 1 amide bonds. The number of hydrogen-bond donors (Lipinski definition) is 1. The second-order valence-corrected chi connectivity index (χ2v) is 7.97. The number of nitrogens with one attached hydrogen (secondary N) is 1. The highest BCUT2D eigenvalue weighted by Crippen LogP contribution is 2.30. The van der Waals surface area contributed by atoms with Crippen molar-refractivity contribution < 1.29 is 14.3 Å². The van der Waals surface area contributed by atoms with Gasteiger partial charge in [-0.15, -0.1) is 11.3 Å². The van der Waals surface area contributed by atoms with Crippen LogP contribution < -0.4 is 5.32 Å². The van der Waals surface area contributed by atoms with E-state index in [1.54, 1.807) is 43.2 Å². The smallest absolute Gasteiger partial charge is 0.253 e. The van der Waals surface area contributed by atoms with Crippen molar-refractivity contribution in [2.24, 2.45) is 0 Å². The summed E-state index contributed by atoms with van der Waals surface area (Å²) in [6.07, 6.45) is 11.1. The van der Waals surface area contributed by atoms with E-state index < -0.39 is 0 Å². The first kappa shape index (κ1) is 19.0.